The van der Waals surface area contributed by atoms with Crippen LogP contribution in [0, 0.1) is 5.41 Å². The van der Waals surface area contributed by atoms with Crippen LogP contribution in [0.25, 0.3) is 0 Å². The Morgan fingerprint density at radius 2 is 2.04 bits per heavy atom. The molecule has 3 heteroatoms. The van der Waals surface area contributed by atoms with Gasteiger partial charge in [0.2, 0.25) is 0 Å². The summed E-state index contributed by atoms with van der Waals surface area (Å²) in [5.41, 5.74) is 2.75. The maximum atomic E-state index is 10.7. The number of rotatable bonds is 5. The molecule has 1 aliphatic carbocycles. The maximum absolute atomic E-state index is 10.7. The summed E-state index contributed by atoms with van der Waals surface area (Å²) in [4.78, 5) is 10.7. The highest BCUT2D eigenvalue weighted by atomic mass is 16.4. The fraction of sp³-hybridized carbons (Fsp3) is 0.450. The number of aliphatic hydroxyl groups excluding tert-OH is 1. The van der Waals surface area contributed by atoms with E-state index >= 15 is 0 Å². The third kappa shape index (κ3) is 6.03. The highest BCUT2D eigenvalue weighted by Gasteiger charge is 2.30. The van der Waals surface area contributed by atoms with Crippen LogP contribution in [0.1, 0.15) is 51.5 Å². The molecule has 1 aliphatic rings. The van der Waals surface area contributed by atoms with Crippen LogP contribution in [-0.2, 0) is 4.79 Å². The lowest BCUT2D eigenvalue weighted by atomic mass is 9.71. The van der Waals surface area contributed by atoms with Gasteiger partial charge >= 0.3 is 5.97 Å². The average molecular weight is 319 g/mol. The van der Waals surface area contributed by atoms with E-state index in [9.17, 15) is 9.90 Å². The van der Waals surface area contributed by atoms with Gasteiger partial charge in [0.15, 0.2) is 0 Å². The van der Waals surface area contributed by atoms with Gasteiger partial charge in [-0.05, 0) is 55.7 Å². The molecule has 0 radical (unpaired) electrons. The zero-order chi connectivity index (χ0) is 20.1. The van der Waals surface area contributed by atoms with E-state index in [1.807, 2.05) is 26.0 Å². The van der Waals surface area contributed by atoms with Gasteiger partial charge in [-0.25, -0.2) is 4.79 Å². The monoisotopic (exact) mass is 319 g/mol. The highest BCUT2D eigenvalue weighted by molar-refractivity contribution is 5.81. The van der Waals surface area contributed by atoms with E-state index in [0.29, 0.717) is 6.08 Å². The van der Waals surface area contributed by atoms with E-state index in [4.69, 9.17) is 9.22 Å². The van der Waals surface area contributed by atoms with Gasteiger partial charge < -0.3 is 10.2 Å². The van der Waals surface area contributed by atoms with Crippen LogP contribution < -0.4 is 0 Å². The summed E-state index contributed by atoms with van der Waals surface area (Å²) < 4.78 is 22.1. The molecular formula is C20H28O3. The summed E-state index contributed by atoms with van der Waals surface area (Å²) in [6, 6.07) is 0. The first-order chi connectivity index (χ1) is 11.8. The van der Waals surface area contributed by atoms with E-state index < -0.39 is 18.9 Å². The molecule has 0 aromatic carbocycles. The molecule has 1 atom stereocenters. The molecular weight excluding hydrogens is 288 g/mol. The van der Waals surface area contributed by atoms with Gasteiger partial charge in [0.1, 0.15) is 0 Å². The minimum Gasteiger partial charge on any atom is -0.478 e. The first kappa shape index (κ1) is 14.7. The molecule has 0 amide bonds. The Labute approximate surface area is 143 Å². The molecule has 1 rings (SSSR count). The summed E-state index contributed by atoms with van der Waals surface area (Å²) in [5.74, 6) is -1.29. The Bertz CT molecular complexity index is 690. The third-order valence-corrected chi connectivity index (χ3v) is 4.12. The van der Waals surface area contributed by atoms with E-state index in [1.54, 1.807) is 6.08 Å². The molecule has 0 bridgehead atoms. The number of hydrogen-bond donors (Lipinski definition) is 2. The quantitative estimate of drug-likeness (QED) is 0.576. The van der Waals surface area contributed by atoms with Gasteiger partial charge in [-0.15, -0.1) is 0 Å². The van der Waals surface area contributed by atoms with E-state index in [-0.39, 0.29) is 11.0 Å². The Kier molecular flexibility index (Phi) is 5.19. The van der Waals surface area contributed by atoms with Crippen LogP contribution in [0.4, 0.5) is 0 Å². The van der Waals surface area contributed by atoms with Crippen molar-refractivity contribution in [3.8, 4) is 0 Å². The topological polar surface area (TPSA) is 57.5 Å². The molecule has 0 saturated carbocycles. The van der Waals surface area contributed by atoms with Crippen LogP contribution in [0.2, 0.25) is 0 Å². The molecule has 0 saturated heterocycles. The van der Waals surface area contributed by atoms with Crippen molar-refractivity contribution >= 4 is 5.97 Å². The molecule has 0 aliphatic heterocycles. The fourth-order valence-corrected chi connectivity index (χ4v) is 2.67. The second-order valence-electron chi connectivity index (χ2n) is 6.58. The lowest BCUT2D eigenvalue weighted by Gasteiger charge is -2.35. The van der Waals surface area contributed by atoms with Crippen LogP contribution in [0.15, 0.2) is 58.7 Å². The van der Waals surface area contributed by atoms with Crippen molar-refractivity contribution in [2.24, 2.45) is 5.41 Å². The van der Waals surface area contributed by atoms with E-state index in [0.717, 1.165) is 29.6 Å². The average Bonchev–Trinajstić information content (AvgIpc) is 2.49. The molecule has 2 N–H and O–H groups in total. The molecule has 3 nitrogen and oxygen atoms in total. The van der Waals surface area contributed by atoms with Gasteiger partial charge in [0.25, 0.3) is 0 Å². The molecule has 23 heavy (non-hydrogen) atoms. The number of hydrogen-bond acceptors (Lipinski definition) is 2. The van der Waals surface area contributed by atoms with Crippen molar-refractivity contribution in [3.63, 3.8) is 0 Å². The number of carbonyl (C=O) groups is 1. The number of carboxylic acids is 1. The Hall–Kier alpha value is -1.87. The van der Waals surface area contributed by atoms with Gasteiger partial charge in [-0.3, -0.25) is 0 Å². The van der Waals surface area contributed by atoms with Crippen molar-refractivity contribution in [2.75, 3.05) is 0 Å². The maximum Gasteiger partial charge on any atom is 0.328 e. The zero-order valence-electron chi connectivity index (χ0n) is 17.3. The summed E-state index contributed by atoms with van der Waals surface area (Å²) in [7, 11) is 0. The van der Waals surface area contributed by atoms with Crippen LogP contribution in [-0.4, -0.2) is 22.3 Å². The van der Waals surface area contributed by atoms with Crippen molar-refractivity contribution in [1.82, 2.24) is 0 Å². The molecule has 0 aromatic rings. The number of aliphatic carboxylic acids is 1. The second kappa shape index (κ2) is 8.11. The summed E-state index contributed by atoms with van der Waals surface area (Å²) in [6.07, 6.45) is 10.4. The first-order valence-corrected chi connectivity index (χ1v) is 7.72. The van der Waals surface area contributed by atoms with E-state index in [2.05, 4.69) is 13.8 Å². The smallest absolute Gasteiger partial charge is 0.328 e. The third-order valence-electron chi connectivity index (χ3n) is 4.12. The first-order valence-electron chi connectivity index (χ1n) is 9.22. The number of allylic oxidation sites excluding steroid dienone is 8. The molecule has 0 aromatic heterocycles. The van der Waals surface area contributed by atoms with Crippen LogP contribution in [0.5, 0.6) is 0 Å². The normalized spacial score (nSPS) is 25.6. The van der Waals surface area contributed by atoms with Crippen molar-refractivity contribution in [3.05, 3.63) is 58.7 Å². The van der Waals surface area contributed by atoms with Gasteiger partial charge in [-0.1, -0.05) is 49.8 Å². The minimum atomic E-state index is -2.48. The Balaban J connectivity index is 2.99. The van der Waals surface area contributed by atoms with Gasteiger partial charge in [-0.2, -0.15) is 0 Å². The number of carboxylic acid groups (broad SMARTS) is 1. The summed E-state index contributed by atoms with van der Waals surface area (Å²) >= 11 is 0. The predicted octanol–water partition coefficient (Wildman–Crippen LogP) is 4.57. The summed E-state index contributed by atoms with van der Waals surface area (Å²) in [6.45, 7) is 5.65. The molecule has 0 spiro atoms. The Morgan fingerprint density at radius 3 is 2.65 bits per heavy atom. The lowest BCUT2D eigenvalue weighted by molar-refractivity contribution is -0.131. The summed E-state index contributed by atoms with van der Waals surface area (Å²) in [5, 5.41) is 18.8. The highest BCUT2D eigenvalue weighted by Crippen LogP contribution is 2.40. The van der Waals surface area contributed by atoms with Crippen molar-refractivity contribution in [2.45, 2.75) is 53.5 Å². The fourth-order valence-electron chi connectivity index (χ4n) is 2.67. The molecule has 1 unspecified atom stereocenters. The zero-order valence-corrected chi connectivity index (χ0v) is 14.3. The molecule has 126 valence electrons. The van der Waals surface area contributed by atoms with Gasteiger partial charge in [0.05, 0.1) is 6.10 Å². The predicted molar refractivity (Wildman–Crippen MR) is 95.2 cm³/mol. The van der Waals surface area contributed by atoms with Crippen LogP contribution >= 0.6 is 0 Å². The number of aliphatic hydroxyl groups is 1. The minimum absolute atomic E-state index is 0.00537. The largest absolute Gasteiger partial charge is 0.478 e. The SMILES string of the molecule is [2H]C([2H])([2H])C(/C=C/C=C(C)/C=C/C1=C(C)C(O)CCC1(C)C)=C\C(=O)O. The second-order valence-corrected chi connectivity index (χ2v) is 6.58. The van der Waals surface area contributed by atoms with Crippen molar-refractivity contribution < 1.29 is 19.1 Å². The molecule has 0 fully saturated rings. The van der Waals surface area contributed by atoms with E-state index in [1.165, 1.54) is 12.2 Å². The standard InChI is InChI=1S/C20H28O3/c1-14(7-6-8-15(2)13-19(22)23)9-10-17-16(3)18(21)11-12-20(17,4)5/h6-10,13,18,21H,11-12H2,1-5H3,(H,22,23)/b8-6+,10-9+,14-7+,15-13+/i2D3. The van der Waals surface area contributed by atoms with Gasteiger partial charge in [0, 0.05) is 10.2 Å². The lowest BCUT2D eigenvalue weighted by Crippen LogP contribution is -2.27. The van der Waals surface area contributed by atoms with Crippen LogP contribution in [0.3, 0.4) is 0 Å². The van der Waals surface area contributed by atoms with Crippen molar-refractivity contribution in [1.29, 1.82) is 0 Å². The molecule has 0 heterocycles. The Morgan fingerprint density at radius 1 is 1.35 bits per heavy atom.